The van der Waals surface area contributed by atoms with Crippen LogP contribution in [-0.4, -0.2) is 55.0 Å². The van der Waals surface area contributed by atoms with Crippen LogP contribution in [0.2, 0.25) is 0 Å². The minimum atomic E-state index is -3.33. The molecule has 0 spiro atoms. The van der Waals surface area contributed by atoms with Crippen LogP contribution in [0.3, 0.4) is 0 Å². The summed E-state index contributed by atoms with van der Waals surface area (Å²) < 4.78 is 23.6. The second-order valence-corrected chi connectivity index (χ2v) is 10.4. The van der Waals surface area contributed by atoms with Crippen LogP contribution >= 0.6 is 11.3 Å². The number of nitrogens with zero attached hydrogens (tertiary/aromatic N) is 2. The standard InChI is InChI=1S/C20H21N3O5S2/c1-30(27,28)13-4-2-11(3-5-13)14-10-15(23-8-6-12(24)7-9-23)22-19-16(14)17(21)18(29-19)20(25)26/h2-5,10,12,24H,6-9,21H2,1H3,(H,25,26). The van der Waals surface area contributed by atoms with Gasteiger partial charge in [0.05, 0.1) is 16.7 Å². The Morgan fingerprint density at radius 2 is 1.87 bits per heavy atom. The fourth-order valence-corrected chi connectivity index (χ4v) is 5.22. The highest BCUT2D eigenvalue weighted by molar-refractivity contribution is 7.90. The largest absolute Gasteiger partial charge is 0.477 e. The van der Waals surface area contributed by atoms with Gasteiger partial charge >= 0.3 is 5.97 Å². The molecular weight excluding hydrogens is 426 g/mol. The number of carbonyl (C=O) groups is 1. The molecule has 4 N–H and O–H groups in total. The fraction of sp³-hybridized carbons (Fsp3) is 0.300. The van der Waals surface area contributed by atoms with Crippen LogP contribution in [0.1, 0.15) is 22.5 Å². The quantitative estimate of drug-likeness (QED) is 0.556. The molecule has 1 aliphatic rings. The average Bonchev–Trinajstić information content (AvgIpc) is 3.04. The van der Waals surface area contributed by atoms with Gasteiger partial charge in [0.2, 0.25) is 0 Å². The van der Waals surface area contributed by atoms with Gasteiger partial charge in [-0.05, 0) is 42.2 Å². The number of fused-ring (bicyclic) bond motifs is 1. The van der Waals surface area contributed by atoms with Crippen LogP contribution < -0.4 is 10.6 Å². The molecule has 2 aromatic heterocycles. The zero-order chi connectivity index (χ0) is 21.6. The maximum atomic E-state index is 11.8. The number of nitrogens with two attached hydrogens (primary N) is 1. The third-order valence-electron chi connectivity index (χ3n) is 5.26. The molecule has 1 saturated heterocycles. The third-order valence-corrected chi connectivity index (χ3v) is 7.48. The highest BCUT2D eigenvalue weighted by atomic mass is 32.2. The lowest BCUT2D eigenvalue weighted by atomic mass is 10.0. The van der Waals surface area contributed by atoms with E-state index in [0.717, 1.165) is 23.2 Å². The van der Waals surface area contributed by atoms with Crippen LogP contribution in [0.5, 0.6) is 0 Å². The number of benzene rings is 1. The van der Waals surface area contributed by atoms with Gasteiger partial charge in [-0.1, -0.05) is 12.1 Å². The van der Waals surface area contributed by atoms with Crippen molar-refractivity contribution in [1.29, 1.82) is 0 Å². The molecule has 0 bridgehead atoms. The van der Waals surface area contributed by atoms with Gasteiger partial charge in [-0.15, -0.1) is 11.3 Å². The second-order valence-electron chi connectivity index (χ2n) is 7.37. The van der Waals surface area contributed by atoms with Gasteiger partial charge in [0.15, 0.2) is 9.84 Å². The Bertz CT molecular complexity index is 1230. The molecule has 3 aromatic rings. The maximum Gasteiger partial charge on any atom is 0.348 e. The van der Waals surface area contributed by atoms with E-state index in [-0.39, 0.29) is 21.6 Å². The van der Waals surface area contributed by atoms with E-state index >= 15 is 0 Å². The zero-order valence-corrected chi connectivity index (χ0v) is 17.8. The van der Waals surface area contributed by atoms with E-state index < -0.39 is 15.8 Å². The molecule has 0 radical (unpaired) electrons. The van der Waals surface area contributed by atoms with E-state index in [1.165, 1.54) is 12.1 Å². The summed E-state index contributed by atoms with van der Waals surface area (Å²) in [5.74, 6) is -0.439. The summed E-state index contributed by atoms with van der Waals surface area (Å²) in [6.45, 7) is 1.28. The van der Waals surface area contributed by atoms with Crippen molar-refractivity contribution in [2.75, 3.05) is 30.0 Å². The average molecular weight is 448 g/mol. The molecule has 3 heterocycles. The number of piperidine rings is 1. The van der Waals surface area contributed by atoms with Crippen LogP contribution in [-0.2, 0) is 9.84 Å². The van der Waals surface area contributed by atoms with Gasteiger partial charge < -0.3 is 20.8 Å². The van der Waals surface area contributed by atoms with Crippen molar-refractivity contribution in [3.63, 3.8) is 0 Å². The number of anilines is 2. The van der Waals surface area contributed by atoms with Crippen molar-refractivity contribution in [2.45, 2.75) is 23.8 Å². The molecule has 158 valence electrons. The van der Waals surface area contributed by atoms with Gasteiger partial charge in [0.1, 0.15) is 15.5 Å². The summed E-state index contributed by atoms with van der Waals surface area (Å²) in [5, 5.41) is 19.8. The summed E-state index contributed by atoms with van der Waals surface area (Å²) in [6, 6.07) is 8.27. The monoisotopic (exact) mass is 447 g/mol. The van der Waals surface area contributed by atoms with E-state index in [4.69, 9.17) is 5.73 Å². The number of hydrogen-bond acceptors (Lipinski definition) is 8. The minimum Gasteiger partial charge on any atom is -0.477 e. The smallest absolute Gasteiger partial charge is 0.348 e. The van der Waals surface area contributed by atoms with Crippen molar-refractivity contribution >= 4 is 48.9 Å². The SMILES string of the molecule is CS(=O)(=O)c1ccc(-c2cc(N3CCC(O)CC3)nc3sc(C(=O)O)c(N)c23)cc1. The molecule has 0 atom stereocenters. The molecule has 1 aliphatic heterocycles. The van der Waals surface area contributed by atoms with E-state index in [1.54, 1.807) is 12.1 Å². The molecule has 4 rings (SSSR count). The van der Waals surface area contributed by atoms with Crippen LogP contribution in [0.25, 0.3) is 21.3 Å². The first-order chi connectivity index (χ1) is 14.1. The number of nitrogen functional groups attached to an aromatic ring is 1. The first-order valence-electron chi connectivity index (χ1n) is 9.35. The number of carboxylic acids is 1. The Morgan fingerprint density at radius 3 is 2.43 bits per heavy atom. The highest BCUT2D eigenvalue weighted by Crippen LogP contribution is 2.41. The molecule has 0 saturated carbocycles. The Kier molecular flexibility index (Phi) is 5.16. The van der Waals surface area contributed by atoms with Crippen molar-refractivity contribution < 1.29 is 23.4 Å². The van der Waals surface area contributed by atoms with Gasteiger partial charge in [-0.3, -0.25) is 0 Å². The Morgan fingerprint density at radius 1 is 1.23 bits per heavy atom. The number of rotatable bonds is 4. The van der Waals surface area contributed by atoms with Crippen molar-refractivity contribution in [1.82, 2.24) is 4.98 Å². The number of aliphatic hydroxyl groups excluding tert-OH is 1. The number of carboxylic acid groups (broad SMARTS) is 1. The summed E-state index contributed by atoms with van der Waals surface area (Å²) in [5.41, 5.74) is 7.74. The summed E-state index contributed by atoms with van der Waals surface area (Å²) >= 11 is 1.02. The summed E-state index contributed by atoms with van der Waals surface area (Å²) in [4.78, 5) is 19.1. The minimum absolute atomic E-state index is 0.0257. The van der Waals surface area contributed by atoms with Gasteiger partial charge in [-0.2, -0.15) is 0 Å². The van der Waals surface area contributed by atoms with Crippen LogP contribution in [0, 0.1) is 0 Å². The van der Waals surface area contributed by atoms with E-state index in [2.05, 4.69) is 9.88 Å². The maximum absolute atomic E-state index is 11.8. The lowest BCUT2D eigenvalue weighted by Crippen LogP contribution is -2.36. The van der Waals surface area contributed by atoms with E-state index in [9.17, 15) is 23.4 Å². The van der Waals surface area contributed by atoms with Gasteiger partial charge in [0.25, 0.3) is 0 Å². The molecule has 0 aliphatic carbocycles. The number of aliphatic hydroxyl groups is 1. The first kappa shape index (κ1) is 20.6. The number of sulfone groups is 1. The number of aromatic nitrogens is 1. The highest BCUT2D eigenvalue weighted by Gasteiger charge is 2.24. The van der Waals surface area contributed by atoms with Gasteiger partial charge in [-0.25, -0.2) is 18.2 Å². The van der Waals surface area contributed by atoms with Crippen molar-refractivity contribution in [2.24, 2.45) is 0 Å². The topological polar surface area (TPSA) is 134 Å². The van der Waals surface area contributed by atoms with Crippen LogP contribution in [0.15, 0.2) is 35.2 Å². The molecule has 8 nitrogen and oxygen atoms in total. The number of thiophene rings is 1. The Hall–Kier alpha value is -2.69. The molecule has 10 heteroatoms. The Labute approximate surface area is 177 Å². The third kappa shape index (κ3) is 3.73. The van der Waals surface area contributed by atoms with Crippen molar-refractivity contribution in [3.05, 3.63) is 35.2 Å². The molecular formula is C20H21N3O5S2. The predicted octanol–water partition coefficient (Wildman–Crippen LogP) is 2.61. The molecule has 30 heavy (non-hydrogen) atoms. The normalized spacial score (nSPS) is 15.6. The molecule has 1 aromatic carbocycles. The second kappa shape index (κ2) is 7.53. The van der Waals surface area contributed by atoms with Crippen LogP contribution in [0.4, 0.5) is 11.5 Å². The predicted molar refractivity (Wildman–Crippen MR) is 117 cm³/mol. The number of pyridine rings is 1. The summed E-state index contributed by atoms with van der Waals surface area (Å²) in [6.07, 6.45) is 2.07. The summed E-state index contributed by atoms with van der Waals surface area (Å²) in [7, 11) is -3.33. The molecule has 0 unspecified atom stereocenters. The molecule has 0 amide bonds. The van der Waals surface area contributed by atoms with Crippen molar-refractivity contribution in [3.8, 4) is 11.1 Å². The Balaban J connectivity index is 1.90. The fourth-order valence-electron chi connectivity index (χ4n) is 3.63. The molecule has 1 fully saturated rings. The number of aromatic carboxylic acids is 1. The zero-order valence-electron chi connectivity index (χ0n) is 16.2. The lowest BCUT2D eigenvalue weighted by Gasteiger charge is -2.30. The van der Waals surface area contributed by atoms with Gasteiger partial charge in [0, 0.05) is 24.7 Å². The van der Waals surface area contributed by atoms with E-state index in [1.807, 2.05) is 6.07 Å². The number of hydrogen-bond donors (Lipinski definition) is 3. The lowest BCUT2D eigenvalue weighted by molar-refractivity contribution is 0.0703. The van der Waals surface area contributed by atoms with E-state index in [0.29, 0.717) is 47.5 Å². The first-order valence-corrected chi connectivity index (χ1v) is 12.1.